The Labute approximate surface area is 151 Å². The SMILES string of the molecule is O=C1OCc2c1cc1ccc3c(c1c2-c1ccc(C(F)(F)F)cc1)OCO3. The molecule has 2 aliphatic heterocycles. The van der Waals surface area contributed by atoms with Crippen LogP contribution in [0.25, 0.3) is 21.9 Å². The van der Waals surface area contributed by atoms with Gasteiger partial charge in [-0.2, -0.15) is 13.2 Å². The lowest BCUT2D eigenvalue weighted by atomic mass is 9.89. The van der Waals surface area contributed by atoms with Crippen molar-refractivity contribution in [1.82, 2.24) is 0 Å². The zero-order valence-corrected chi connectivity index (χ0v) is 13.7. The van der Waals surface area contributed by atoms with E-state index in [0.717, 1.165) is 17.5 Å². The average molecular weight is 372 g/mol. The first kappa shape index (κ1) is 16.0. The van der Waals surface area contributed by atoms with Gasteiger partial charge in [0.05, 0.1) is 11.1 Å². The van der Waals surface area contributed by atoms with Crippen LogP contribution in [-0.2, 0) is 17.5 Å². The van der Waals surface area contributed by atoms with Crippen LogP contribution in [0.15, 0.2) is 42.5 Å². The van der Waals surface area contributed by atoms with E-state index in [1.54, 1.807) is 18.2 Å². The summed E-state index contributed by atoms with van der Waals surface area (Å²) in [7, 11) is 0. The molecule has 0 saturated carbocycles. The van der Waals surface area contributed by atoms with E-state index >= 15 is 0 Å². The normalized spacial score (nSPS) is 15.1. The van der Waals surface area contributed by atoms with Crippen LogP contribution >= 0.6 is 0 Å². The molecular formula is C20H11F3O4. The highest BCUT2D eigenvalue weighted by Gasteiger charge is 2.32. The summed E-state index contributed by atoms with van der Waals surface area (Å²) in [5.41, 5.74) is 1.49. The van der Waals surface area contributed by atoms with Crippen LogP contribution in [-0.4, -0.2) is 12.8 Å². The van der Waals surface area contributed by atoms with Gasteiger partial charge in [0, 0.05) is 16.5 Å². The summed E-state index contributed by atoms with van der Waals surface area (Å²) >= 11 is 0. The molecule has 0 aliphatic carbocycles. The fraction of sp³-hybridized carbons (Fsp3) is 0.150. The summed E-state index contributed by atoms with van der Waals surface area (Å²) in [6.45, 7) is 0.123. The lowest BCUT2D eigenvalue weighted by molar-refractivity contribution is -0.137. The number of hydrogen-bond donors (Lipinski definition) is 0. The van der Waals surface area contributed by atoms with Gasteiger partial charge in [-0.25, -0.2) is 4.79 Å². The second-order valence-electron chi connectivity index (χ2n) is 6.33. The summed E-state index contributed by atoms with van der Waals surface area (Å²) in [6, 6.07) is 10.1. The Kier molecular flexibility index (Phi) is 3.19. The fourth-order valence-electron chi connectivity index (χ4n) is 3.59. The molecule has 2 heterocycles. The number of cyclic esters (lactones) is 1. The van der Waals surface area contributed by atoms with E-state index in [2.05, 4.69) is 0 Å². The zero-order chi connectivity index (χ0) is 18.8. The molecule has 136 valence electrons. The molecule has 3 aromatic carbocycles. The quantitative estimate of drug-likeness (QED) is 0.569. The monoisotopic (exact) mass is 372 g/mol. The molecule has 27 heavy (non-hydrogen) atoms. The fourth-order valence-corrected chi connectivity index (χ4v) is 3.59. The smallest absolute Gasteiger partial charge is 0.416 e. The molecule has 4 nitrogen and oxygen atoms in total. The number of fused-ring (bicyclic) bond motifs is 4. The molecule has 0 N–H and O–H groups in total. The summed E-state index contributed by atoms with van der Waals surface area (Å²) < 4.78 is 55.0. The minimum atomic E-state index is -4.42. The highest BCUT2D eigenvalue weighted by atomic mass is 19.4. The van der Waals surface area contributed by atoms with Crippen molar-refractivity contribution in [2.24, 2.45) is 0 Å². The Morgan fingerprint density at radius 2 is 1.70 bits per heavy atom. The number of benzene rings is 3. The van der Waals surface area contributed by atoms with Gasteiger partial charge in [0.1, 0.15) is 6.61 Å². The van der Waals surface area contributed by atoms with Gasteiger partial charge in [-0.1, -0.05) is 18.2 Å². The third-order valence-corrected chi connectivity index (χ3v) is 4.82. The van der Waals surface area contributed by atoms with Gasteiger partial charge in [0.2, 0.25) is 6.79 Å². The number of esters is 1. The van der Waals surface area contributed by atoms with Gasteiger partial charge in [-0.3, -0.25) is 0 Å². The Balaban J connectivity index is 1.83. The first-order valence-electron chi connectivity index (χ1n) is 8.16. The number of halogens is 3. The van der Waals surface area contributed by atoms with Crippen molar-refractivity contribution in [2.75, 3.05) is 6.79 Å². The number of alkyl halides is 3. The molecule has 0 saturated heterocycles. The molecule has 0 amide bonds. The molecule has 7 heteroatoms. The Morgan fingerprint density at radius 3 is 2.44 bits per heavy atom. The minimum absolute atomic E-state index is 0.0605. The lowest BCUT2D eigenvalue weighted by Gasteiger charge is -2.14. The van der Waals surface area contributed by atoms with Gasteiger partial charge in [-0.15, -0.1) is 0 Å². The number of ether oxygens (including phenoxy) is 3. The van der Waals surface area contributed by atoms with Crippen molar-refractivity contribution in [3.05, 3.63) is 59.2 Å². The van der Waals surface area contributed by atoms with Crippen LogP contribution in [0.5, 0.6) is 11.5 Å². The van der Waals surface area contributed by atoms with E-state index in [-0.39, 0.29) is 13.4 Å². The largest absolute Gasteiger partial charge is 0.457 e. The third-order valence-electron chi connectivity index (χ3n) is 4.82. The summed E-state index contributed by atoms with van der Waals surface area (Å²) in [5, 5.41) is 1.42. The van der Waals surface area contributed by atoms with E-state index in [0.29, 0.717) is 39.1 Å². The van der Waals surface area contributed by atoms with Crippen LogP contribution in [0.3, 0.4) is 0 Å². The first-order valence-corrected chi connectivity index (χ1v) is 8.16. The topological polar surface area (TPSA) is 44.8 Å². The van der Waals surface area contributed by atoms with Crippen molar-refractivity contribution in [2.45, 2.75) is 12.8 Å². The standard InChI is InChI=1S/C20H11F3O4/c21-20(22,23)12-4-1-10(2-5-12)16-14-8-25-19(24)13(14)7-11-3-6-15-18(17(11)16)27-9-26-15/h1-7H,8-9H2. The van der Waals surface area contributed by atoms with Gasteiger partial charge in [0.25, 0.3) is 0 Å². The highest BCUT2D eigenvalue weighted by molar-refractivity contribution is 6.10. The average Bonchev–Trinajstić information content (AvgIpc) is 3.26. The first-order chi connectivity index (χ1) is 12.9. The molecule has 0 aromatic heterocycles. The molecule has 0 radical (unpaired) electrons. The van der Waals surface area contributed by atoms with E-state index in [9.17, 15) is 18.0 Å². The van der Waals surface area contributed by atoms with Gasteiger partial charge >= 0.3 is 12.1 Å². The zero-order valence-electron chi connectivity index (χ0n) is 13.7. The van der Waals surface area contributed by atoms with Crippen molar-refractivity contribution >= 4 is 16.7 Å². The molecule has 0 bridgehead atoms. The molecule has 3 aromatic rings. The Hall–Kier alpha value is -3.22. The van der Waals surface area contributed by atoms with Gasteiger partial charge in [-0.05, 0) is 35.2 Å². The summed E-state index contributed by atoms with van der Waals surface area (Å²) in [6.07, 6.45) is -4.42. The van der Waals surface area contributed by atoms with Crippen LogP contribution < -0.4 is 9.47 Å². The van der Waals surface area contributed by atoms with Crippen LogP contribution in [0, 0.1) is 0 Å². The van der Waals surface area contributed by atoms with Crippen molar-refractivity contribution in [3.8, 4) is 22.6 Å². The maximum atomic E-state index is 12.9. The van der Waals surface area contributed by atoms with Crippen LogP contribution in [0.2, 0.25) is 0 Å². The molecule has 0 unspecified atom stereocenters. The lowest BCUT2D eigenvalue weighted by Crippen LogP contribution is -2.04. The van der Waals surface area contributed by atoms with E-state index in [1.807, 2.05) is 0 Å². The second kappa shape index (κ2) is 5.39. The maximum Gasteiger partial charge on any atom is 0.416 e. The Morgan fingerprint density at radius 1 is 0.926 bits per heavy atom. The predicted octanol–water partition coefficient (Wildman–Crippen LogP) is 4.92. The van der Waals surface area contributed by atoms with E-state index in [1.165, 1.54) is 12.1 Å². The van der Waals surface area contributed by atoms with Gasteiger partial charge in [0.15, 0.2) is 11.5 Å². The Bertz CT molecular complexity index is 1100. The highest BCUT2D eigenvalue weighted by Crippen LogP contribution is 2.47. The van der Waals surface area contributed by atoms with Crippen LogP contribution in [0.4, 0.5) is 13.2 Å². The molecule has 0 atom stereocenters. The van der Waals surface area contributed by atoms with Crippen LogP contribution in [0.1, 0.15) is 21.5 Å². The molecule has 0 spiro atoms. The predicted molar refractivity (Wildman–Crippen MR) is 89.6 cm³/mol. The molecule has 5 rings (SSSR count). The number of carbonyl (C=O) groups is 1. The third kappa shape index (κ3) is 2.34. The van der Waals surface area contributed by atoms with E-state index < -0.39 is 17.7 Å². The molecule has 0 fully saturated rings. The van der Waals surface area contributed by atoms with Crippen molar-refractivity contribution in [1.29, 1.82) is 0 Å². The van der Waals surface area contributed by atoms with Gasteiger partial charge < -0.3 is 14.2 Å². The number of carbonyl (C=O) groups excluding carboxylic acids is 1. The van der Waals surface area contributed by atoms with Crippen molar-refractivity contribution in [3.63, 3.8) is 0 Å². The van der Waals surface area contributed by atoms with Crippen molar-refractivity contribution < 1.29 is 32.2 Å². The summed E-state index contributed by atoms with van der Waals surface area (Å²) in [5.74, 6) is 0.628. The second-order valence-corrected chi connectivity index (χ2v) is 6.33. The minimum Gasteiger partial charge on any atom is -0.457 e. The summed E-state index contributed by atoms with van der Waals surface area (Å²) in [4.78, 5) is 12.1. The molecular weight excluding hydrogens is 361 g/mol. The number of rotatable bonds is 1. The molecule has 2 aliphatic rings. The number of hydrogen-bond acceptors (Lipinski definition) is 4. The van der Waals surface area contributed by atoms with E-state index in [4.69, 9.17) is 14.2 Å². The maximum absolute atomic E-state index is 12.9.